The van der Waals surface area contributed by atoms with Crippen LogP contribution in [0.5, 0.6) is 0 Å². The van der Waals surface area contributed by atoms with Gasteiger partial charge in [-0.2, -0.15) is 0 Å². The van der Waals surface area contributed by atoms with Crippen molar-refractivity contribution in [2.45, 2.75) is 64.2 Å². The molecule has 0 aliphatic heterocycles. The number of unbranched alkanes of at least 4 members (excludes halogenated alkanes) is 2. The molecule has 0 heterocycles. The Balaban J connectivity index is 0.00000441. The second-order valence-electron chi connectivity index (χ2n) is 6.18. The fourth-order valence-corrected chi connectivity index (χ4v) is 3.06. The van der Waals surface area contributed by atoms with Gasteiger partial charge < -0.3 is 15.8 Å². The number of hydrogen-bond acceptors (Lipinski definition) is 4. The summed E-state index contributed by atoms with van der Waals surface area (Å²) in [5, 5.41) is 2.98. The molecule has 0 spiro atoms. The second-order valence-corrected chi connectivity index (χ2v) is 6.18. The molecule has 6 heteroatoms. The summed E-state index contributed by atoms with van der Waals surface area (Å²) >= 11 is 0. The van der Waals surface area contributed by atoms with Gasteiger partial charge in [0.25, 0.3) is 0 Å². The first-order valence-corrected chi connectivity index (χ1v) is 8.15. The third-order valence-electron chi connectivity index (χ3n) is 4.49. The van der Waals surface area contributed by atoms with Crippen molar-refractivity contribution in [3.05, 3.63) is 0 Å². The molecule has 0 unspecified atom stereocenters. The van der Waals surface area contributed by atoms with Gasteiger partial charge in [-0.3, -0.25) is 9.59 Å². The highest BCUT2D eigenvalue weighted by Crippen LogP contribution is 2.38. The van der Waals surface area contributed by atoms with E-state index in [4.69, 9.17) is 5.73 Å². The van der Waals surface area contributed by atoms with Crippen molar-refractivity contribution in [1.29, 1.82) is 0 Å². The molecule has 0 bridgehead atoms. The Bertz CT molecular complexity index is 331. The summed E-state index contributed by atoms with van der Waals surface area (Å²) in [6.07, 6.45) is 9.48. The maximum atomic E-state index is 12.0. The Morgan fingerprint density at radius 3 is 2.41 bits per heavy atom. The highest BCUT2D eigenvalue weighted by molar-refractivity contribution is 5.85. The van der Waals surface area contributed by atoms with Crippen molar-refractivity contribution in [3.8, 4) is 0 Å². The first-order chi connectivity index (χ1) is 10.1. The first kappa shape index (κ1) is 21.2. The van der Waals surface area contributed by atoms with Crippen LogP contribution in [0.4, 0.5) is 0 Å². The van der Waals surface area contributed by atoms with Gasteiger partial charge in [-0.05, 0) is 37.6 Å². The zero-order valence-electron chi connectivity index (χ0n) is 13.7. The van der Waals surface area contributed by atoms with Crippen LogP contribution in [-0.2, 0) is 14.3 Å². The molecule has 3 N–H and O–H groups in total. The Morgan fingerprint density at radius 2 is 1.82 bits per heavy atom. The molecule has 22 heavy (non-hydrogen) atoms. The zero-order valence-corrected chi connectivity index (χ0v) is 14.5. The van der Waals surface area contributed by atoms with Crippen LogP contribution >= 0.6 is 12.4 Å². The van der Waals surface area contributed by atoms with Crippen molar-refractivity contribution < 1.29 is 14.3 Å². The summed E-state index contributed by atoms with van der Waals surface area (Å²) in [5.74, 6) is -0.0449. The molecule has 0 radical (unpaired) electrons. The molecule has 1 amide bonds. The minimum Gasteiger partial charge on any atom is -0.469 e. The lowest BCUT2D eigenvalue weighted by molar-refractivity contribution is -0.140. The number of carbonyl (C=O) groups excluding carboxylic acids is 2. The van der Waals surface area contributed by atoms with E-state index in [9.17, 15) is 9.59 Å². The summed E-state index contributed by atoms with van der Waals surface area (Å²) in [6.45, 7) is 1.29. The average Bonchev–Trinajstić information content (AvgIpc) is 2.51. The summed E-state index contributed by atoms with van der Waals surface area (Å²) in [7, 11) is 1.40. The van der Waals surface area contributed by atoms with Crippen molar-refractivity contribution in [1.82, 2.24) is 5.32 Å². The van der Waals surface area contributed by atoms with E-state index in [1.54, 1.807) is 0 Å². The predicted octanol–water partition coefficient (Wildman–Crippen LogP) is 2.56. The van der Waals surface area contributed by atoms with E-state index in [2.05, 4.69) is 10.1 Å². The summed E-state index contributed by atoms with van der Waals surface area (Å²) < 4.78 is 4.58. The lowest BCUT2D eigenvalue weighted by Crippen LogP contribution is -2.38. The number of hydrogen-bond donors (Lipinski definition) is 2. The van der Waals surface area contributed by atoms with Crippen molar-refractivity contribution in [2.75, 3.05) is 20.2 Å². The fraction of sp³-hybridized carbons (Fsp3) is 0.875. The number of ether oxygens (including phenoxy) is 1. The van der Waals surface area contributed by atoms with Gasteiger partial charge in [0.1, 0.15) is 0 Å². The van der Waals surface area contributed by atoms with Crippen molar-refractivity contribution >= 4 is 24.3 Å². The standard InChI is InChI=1S/C16H30N2O3.ClH/c1-21-15(20)8-4-2-7-11-18-14(19)12-16(13-17)9-5-3-6-10-16;/h2-13,17H2,1H3,(H,18,19);1H. The number of rotatable bonds is 9. The van der Waals surface area contributed by atoms with Crippen LogP contribution in [0.15, 0.2) is 0 Å². The molecule has 0 aromatic carbocycles. The molecule has 1 aliphatic carbocycles. The number of esters is 1. The topological polar surface area (TPSA) is 81.4 Å². The molecule has 0 saturated heterocycles. The van der Waals surface area contributed by atoms with E-state index >= 15 is 0 Å². The first-order valence-electron chi connectivity index (χ1n) is 8.15. The molecule has 1 rings (SSSR count). The average molecular weight is 335 g/mol. The van der Waals surface area contributed by atoms with E-state index in [1.165, 1.54) is 26.4 Å². The Labute approximate surface area is 140 Å². The van der Waals surface area contributed by atoms with Crippen molar-refractivity contribution in [2.24, 2.45) is 11.1 Å². The van der Waals surface area contributed by atoms with Gasteiger partial charge in [0.05, 0.1) is 7.11 Å². The minimum absolute atomic E-state index is 0. The van der Waals surface area contributed by atoms with Crippen LogP contribution in [0.2, 0.25) is 0 Å². The molecule has 0 aromatic rings. The van der Waals surface area contributed by atoms with Gasteiger partial charge >= 0.3 is 5.97 Å². The lowest BCUT2D eigenvalue weighted by atomic mass is 9.71. The maximum Gasteiger partial charge on any atom is 0.305 e. The third-order valence-corrected chi connectivity index (χ3v) is 4.49. The summed E-state index contributed by atoms with van der Waals surface area (Å²) in [6, 6.07) is 0. The molecule has 0 aromatic heterocycles. The SMILES string of the molecule is COC(=O)CCCCCNC(=O)CC1(CN)CCCCC1.Cl. The number of nitrogens with one attached hydrogen (secondary N) is 1. The number of carbonyl (C=O) groups is 2. The quantitative estimate of drug-likeness (QED) is 0.501. The van der Waals surface area contributed by atoms with Crippen LogP contribution in [0.3, 0.4) is 0 Å². The molecular weight excluding hydrogens is 304 g/mol. The smallest absolute Gasteiger partial charge is 0.305 e. The van der Waals surface area contributed by atoms with Gasteiger partial charge in [-0.15, -0.1) is 12.4 Å². The van der Waals surface area contributed by atoms with Crippen LogP contribution < -0.4 is 11.1 Å². The highest BCUT2D eigenvalue weighted by atomic mass is 35.5. The van der Waals surface area contributed by atoms with Gasteiger partial charge in [0.15, 0.2) is 0 Å². The monoisotopic (exact) mass is 334 g/mol. The van der Waals surface area contributed by atoms with Gasteiger partial charge in [-0.1, -0.05) is 25.7 Å². The summed E-state index contributed by atoms with van der Waals surface area (Å²) in [4.78, 5) is 23.0. The molecular formula is C16H31ClN2O3. The number of methoxy groups -OCH3 is 1. The van der Waals surface area contributed by atoms with E-state index in [0.29, 0.717) is 25.9 Å². The predicted molar refractivity (Wildman–Crippen MR) is 89.9 cm³/mol. The van der Waals surface area contributed by atoms with Gasteiger partial charge in [-0.25, -0.2) is 0 Å². The van der Waals surface area contributed by atoms with E-state index < -0.39 is 0 Å². The van der Waals surface area contributed by atoms with Crippen LogP contribution in [0, 0.1) is 5.41 Å². The van der Waals surface area contributed by atoms with Crippen LogP contribution in [0.1, 0.15) is 64.2 Å². The Kier molecular flexibility index (Phi) is 11.3. The normalized spacial score (nSPS) is 16.5. The Hall–Kier alpha value is -0.810. The molecule has 5 nitrogen and oxygen atoms in total. The number of amides is 1. The van der Waals surface area contributed by atoms with E-state index in [1.807, 2.05) is 0 Å². The van der Waals surface area contributed by atoms with Gasteiger partial charge in [0, 0.05) is 19.4 Å². The largest absolute Gasteiger partial charge is 0.469 e. The van der Waals surface area contributed by atoms with E-state index in [0.717, 1.165) is 32.1 Å². The van der Waals surface area contributed by atoms with Crippen LogP contribution in [-0.4, -0.2) is 32.1 Å². The highest BCUT2D eigenvalue weighted by Gasteiger charge is 2.32. The molecule has 0 atom stereocenters. The zero-order chi connectivity index (χ0) is 15.6. The van der Waals surface area contributed by atoms with Crippen LogP contribution in [0.25, 0.3) is 0 Å². The van der Waals surface area contributed by atoms with Crippen molar-refractivity contribution in [3.63, 3.8) is 0 Å². The second kappa shape index (κ2) is 11.7. The third kappa shape index (κ3) is 7.99. The number of nitrogens with two attached hydrogens (primary N) is 1. The molecule has 1 saturated carbocycles. The van der Waals surface area contributed by atoms with E-state index in [-0.39, 0.29) is 29.7 Å². The maximum absolute atomic E-state index is 12.0. The molecule has 130 valence electrons. The number of halogens is 1. The summed E-state index contributed by atoms with van der Waals surface area (Å²) in [5.41, 5.74) is 5.93. The molecule has 1 aliphatic rings. The fourth-order valence-electron chi connectivity index (χ4n) is 3.06. The Morgan fingerprint density at radius 1 is 1.14 bits per heavy atom. The molecule has 1 fully saturated rings. The minimum atomic E-state index is -0.166. The lowest BCUT2D eigenvalue weighted by Gasteiger charge is -2.35. The van der Waals surface area contributed by atoms with Gasteiger partial charge in [0.2, 0.25) is 5.91 Å².